The number of halogens is 2. The minimum atomic E-state index is -0.855. The third kappa shape index (κ3) is 3.43. The molecule has 7 heteroatoms. The summed E-state index contributed by atoms with van der Waals surface area (Å²) in [6, 6.07) is 4.87. The number of likely N-dealkylation sites (tertiary alicyclic amines) is 1. The van der Waals surface area contributed by atoms with Gasteiger partial charge in [-0.15, -0.1) is 0 Å². The fourth-order valence-corrected chi connectivity index (χ4v) is 2.70. The second kappa shape index (κ2) is 6.45. The molecule has 0 bridgehead atoms. The Bertz CT molecular complexity index is 538. The highest BCUT2D eigenvalue weighted by Crippen LogP contribution is 2.30. The zero-order chi connectivity index (χ0) is 14.7. The van der Waals surface area contributed by atoms with Crippen LogP contribution >= 0.6 is 27.5 Å². The number of carboxylic acids is 1. The van der Waals surface area contributed by atoms with Crippen LogP contribution in [-0.2, 0) is 4.79 Å². The summed E-state index contributed by atoms with van der Waals surface area (Å²) in [6.45, 7) is 0.799. The third-order valence-corrected chi connectivity index (χ3v) is 4.65. The lowest BCUT2D eigenvalue weighted by molar-refractivity contribution is -0.143. The summed E-state index contributed by atoms with van der Waals surface area (Å²) in [5.74, 6) is -1.34. The molecule has 2 amide bonds. The first kappa shape index (κ1) is 15.1. The zero-order valence-corrected chi connectivity index (χ0v) is 12.9. The van der Waals surface area contributed by atoms with Crippen molar-refractivity contribution in [1.82, 2.24) is 4.90 Å². The Morgan fingerprint density at radius 3 is 2.90 bits per heavy atom. The number of piperidine rings is 1. The van der Waals surface area contributed by atoms with Crippen LogP contribution in [0.2, 0.25) is 5.02 Å². The maximum atomic E-state index is 12.2. The average molecular weight is 362 g/mol. The Morgan fingerprint density at radius 2 is 2.20 bits per heavy atom. The molecule has 2 N–H and O–H groups in total. The molecule has 1 atom stereocenters. The Hall–Kier alpha value is -1.27. The first-order valence-electron chi connectivity index (χ1n) is 6.22. The number of anilines is 1. The highest BCUT2D eigenvalue weighted by Gasteiger charge is 2.28. The van der Waals surface area contributed by atoms with Crippen molar-refractivity contribution in [2.45, 2.75) is 12.8 Å². The van der Waals surface area contributed by atoms with Gasteiger partial charge >= 0.3 is 12.0 Å². The summed E-state index contributed by atoms with van der Waals surface area (Å²) in [6.07, 6.45) is 1.31. The van der Waals surface area contributed by atoms with Gasteiger partial charge < -0.3 is 15.3 Å². The number of carbonyl (C=O) groups excluding carboxylic acids is 1. The van der Waals surface area contributed by atoms with Crippen molar-refractivity contribution < 1.29 is 14.7 Å². The van der Waals surface area contributed by atoms with E-state index in [1.165, 1.54) is 4.90 Å². The Morgan fingerprint density at radius 1 is 1.45 bits per heavy atom. The molecule has 1 unspecified atom stereocenters. The monoisotopic (exact) mass is 360 g/mol. The summed E-state index contributed by atoms with van der Waals surface area (Å²) < 4.78 is 0.613. The summed E-state index contributed by atoms with van der Waals surface area (Å²) in [5.41, 5.74) is 0.569. The fourth-order valence-electron chi connectivity index (χ4n) is 2.16. The molecule has 1 aromatic rings. The van der Waals surface area contributed by atoms with Gasteiger partial charge in [-0.3, -0.25) is 4.79 Å². The molecule has 2 rings (SSSR count). The van der Waals surface area contributed by atoms with Gasteiger partial charge in [0.1, 0.15) is 0 Å². The summed E-state index contributed by atoms with van der Waals surface area (Å²) in [5, 5.41) is 12.3. The number of urea groups is 1. The standard InChI is InChI=1S/C13H14BrClN2O3/c14-11-9(15)4-1-5-10(11)16-13(20)17-6-2-3-8(7-17)12(18)19/h1,4-5,8H,2-3,6-7H2,(H,16,20)(H,18,19). The van der Waals surface area contributed by atoms with Crippen LogP contribution in [0, 0.1) is 5.92 Å². The Balaban J connectivity index is 2.04. The molecule has 1 fully saturated rings. The molecule has 1 saturated heterocycles. The summed E-state index contributed by atoms with van der Waals surface area (Å²) >= 11 is 9.27. The minimum absolute atomic E-state index is 0.235. The van der Waals surface area contributed by atoms with Crippen LogP contribution in [0.3, 0.4) is 0 Å². The molecule has 108 valence electrons. The van der Waals surface area contributed by atoms with Crippen LogP contribution in [0.25, 0.3) is 0 Å². The van der Waals surface area contributed by atoms with E-state index >= 15 is 0 Å². The van der Waals surface area contributed by atoms with E-state index in [0.29, 0.717) is 34.6 Å². The molecule has 0 saturated carbocycles. The van der Waals surface area contributed by atoms with E-state index in [-0.39, 0.29) is 12.6 Å². The van der Waals surface area contributed by atoms with Crippen LogP contribution < -0.4 is 5.32 Å². The SMILES string of the molecule is O=C(O)C1CCCN(C(=O)Nc2cccc(Cl)c2Br)C1. The van der Waals surface area contributed by atoms with Crippen molar-refractivity contribution in [3.8, 4) is 0 Å². The first-order valence-corrected chi connectivity index (χ1v) is 7.39. The van der Waals surface area contributed by atoms with E-state index in [4.69, 9.17) is 16.7 Å². The number of nitrogens with one attached hydrogen (secondary N) is 1. The molecule has 1 aliphatic heterocycles. The lowest BCUT2D eigenvalue weighted by atomic mass is 9.99. The number of carbonyl (C=O) groups is 2. The Kier molecular flexibility index (Phi) is 4.88. The van der Waals surface area contributed by atoms with Gasteiger partial charge in [0.05, 0.1) is 21.1 Å². The van der Waals surface area contributed by atoms with Crippen LogP contribution in [0.15, 0.2) is 22.7 Å². The molecule has 1 aliphatic rings. The molecule has 1 heterocycles. The fraction of sp³-hybridized carbons (Fsp3) is 0.385. The van der Waals surface area contributed by atoms with Gasteiger partial charge in [-0.25, -0.2) is 4.79 Å². The molecular weight excluding hydrogens is 348 g/mol. The van der Waals surface area contributed by atoms with E-state index in [1.54, 1.807) is 18.2 Å². The van der Waals surface area contributed by atoms with Gasteiger partial charge in [0.2, 0.25) is 0 Å². The van der Waals surface area contributed by atoms with Crippen molar-refractivity contribution in [3.63, 3.8) is 0 Å². The second-order valence-corrected chi connectivity index (χ2v) is 5.86. The summed E-state index contributed by atoms with van der Waals surface area (Å²) in [7, 11) is 0. The molecule has 0 spiro atoms. The van der Waals surface area contributed by atoms with Gasteiger partial charge in [-0.1, -0.05) is 17.7 Å². The van der Waals surface area contributed by atoms with Crippen LogP contribution in [-0.4, -0.2) is 35.1 Å². The average Bonchev–Trinajstić information content (AvgIpc) is 2.44. The van der Waals surface area contributed by atoms with Gasteiger partial charge in [0.25, 0.3) is 0 Å². The number of amides is 2. The van der Waals surface area contributed by atoms with Gasteiger partial charge in [-0.05, 0) is 40.9 Å². The quantitative estimate of drug-likeness (QED) is 0.848. The normalized spacial score (nSPS) is 18.7. The van der Waals surface area contributed by atoms with Crippen LogP contribution in [0.5, 0.6) is 0 Å². The number of carboxylic acid groups (broad SMARTS) is 1. The highest BCUT2D eigenvalue weighted by molar-refractivity contribution is 9.10. The predicted molar refractivity (Wildman–Crippen MR) is 80.1 cm³/mol. The predicted octanol–water partition coefficient (Wildman–Crippen LogP) is 3.43. The second-order valence-electron chi connectivity index (χ2n) is 4.65. The lowest BCUT2D eigenvalue weighted by Crippen LogP contribution is -2.44. The van der Waals surface area contributed by atoms with Gasteiger partial charge in [0, 0.05) is 13.1 Å². The third-order valence-electron chi connectivity index (χ3n) is 3.25. The number of hydrogen-bond donors (Lipinski definition) is 2. The van der Waals surface area contributed by atoms with Gasteiger partial charge in [-0.2, -0.15) is 0 Å². The Labute approximate surface area is 130 Å². The summed E-state index contributed by atoms with van der Waals surface area (Å²) in [4.78, 5) is 24.7. The maximum absolute atomic E-state index is 12.2. The molecule has 0 aromatic heterocycles. The molecule has 20 heavy (non-hydrogen) atoms. The highest BCUT2D eigenvalue weighted by atomic mass is 79.9. The smallest absolute Gasteiger partial charge is 0.321 e. The molecular formula is C13H14BrClN2O3. The number of rotatable bonds is 2. The van der Waals surface area contributed by atoms with Crippen molar-refractivity contribution in [2.75, 3.05) is 18.4 Å². The van der Waals surface area contributed by atoms with E-state index in [9.17, 15) is 9.59 Å². The van der Waals surface area contributed by atoms with E-state index < -0.39 is 11.9 Å². The molecule has 0 aliphatic carbocycles. The van der Waals surface area contributed by atoms with E-state index in [2.05, 4.69) is 21.2 Å². The maximum Gasteiger partial charge on any atom is 0.321 e. The molecule has 0 radical (unpaired) electrons. The van der Waals surface area contributed by atoms with Crippen molar-refractivity contribution in [3.05, 3.63) is 27.7 Å². The van der Waals surface area contributed by atoms with Crippen molar-refractivity contribution in [1.29, 1.82) is 0 Å². The van der Waals surface area contributed by atoms with Crippen molar-refractivity contribution in [2.24, 2.45) is 5.92 Å². The van der Waals surface area contributed by atoms with E-state index in [1.807, 2.05) is 0 Å². The first-order chi connectivity index (χ1) is 9.49. The largest absolute Gasteiger partial charge is 0.481 e. The lowest BCUT2D eigenvalue weighted by Gasteiger charge is -2.30. The van der Waals surface area contributed by atoms with E-state index in [0.717, 1.165) is 0 Å². The minimum Gasteiger partial charge on any atom is -0.481 e. The number of hydrogen-bond acceptors (Lipinski definition) is 2. The zero-order valence-electron chi connectivity index (χ0n) is 10.6. The topological polar surface area (TPSA) is 69.6 Å². The number of benzene rings is 1. The van der Waals surface area contributed by atoms with Crippen LogP contribution in [0.1, 0.15) is 12.8 Å². The van der Waals surface area contributed by atoms with Crippen molar-refractivity contribution >= 4 is 45.2 Å². The number of aliphatic carboxylic acids is 1. The van der Waals surface area contributed by atoms with Crippen LogP contribution in [0.4, 0.5) is 10.5 Å². The number of nitrogens with zero attached hydrogens (tertiary/aromatic N) is 1. The molecule has 5 nitrogen and oxygen atoms in total. The molecule has 1 aromatic carbocycles. The van der Waals surface area contributed by atoms with Gasteiger partial charge in [0.15, 0.2) is 0 Å².